The topological polar surface area (TPSA) is 100 Å². The molecule has 0 radical (unpaired) electrons. The van der Waals surface area contributed by atoms with E-state index in [9.17, 15) is 0 Å². The van der Waals surface area contributed by atoms with Crippen molar-refractivity contribution >= 4 is 28.6 Å². The van der Waals surface area contributed by atoms with Crippen molar-refractivity contribution in [3.63, 3.8) is 0 Å². The van der Waals surface area contributed by atoms with Crippen LogP contribution in [0.25, 0.3) is 39.8 Å². The number of nitrogens with zero attached hydrogens (tertiary/aromatic N) is 7. The molecule has 0 saturated heterocycles. The summed E-state index contributed by atoms with van der Waals surface area (Å²) in [6.07, 6.45) is 3.16. The number of aromatic nitrogens is 7. The van der Waals surface area contributed by atoms with Crippen LogP contribution in [-0.2, 0) is 12.9 Å². The second-order valence-corrected chi connectivity index (χ2v) is 7.02. The van der Waals surface area contributed by atoms with Crippen LogP contribution in [0.3, 0.4) is 0 Å². The predicted octanol–water partition coefficient (Wildman–Crippen LogP) is 3.60. The van der Waals surface area contributed by atoms with Crippen LogP contribution in [0.2, 0.25) is 0 Å². The summed E-state index contributed by atoms with van der Waals surface area (Å²) in [5, 5.41) is 4.14. The fraction of sp³-hybridized carbons (Fsp3) is 0.0952. The number of fused-ring (bicyclic) bond motifs is 1. The molecule has 0 atom stereocenters. The number of hydrogen-bond donors (Lipinski definition) is 1. The molecule has 0 aliphatic carbocycles. The summed E-state index contributed by atoms with van der Waals surface area (Å²) in [6.45, 7) is 0. The Hall–Kier alpha value is -3.78. The Bertz CT molecular complexity index is 1350. The van der Waals surface area contributed by atoms with Crippen LogP contribution in [0.5, 0.6) is 0 Å². The van der Waals surface area contributed by atoms with Gasteiger partial charge in [0.1, 0.15) is 23.4 Å². The first kappa shape index (κ1) is 18.3. The minimum Gasteiger partial charge on any atom is -0.383 e. The fourth-order valence-electron chi connectivity index (χ4n) is 3.38. The van der Waals surface area contributed by atoms with Gasteiger partial charge in [0.25, 0.3) is 0 Å². The molecule has 148 valence electrons. The molecule has 0 spiro atoms. The van der Waals surface area contributed by atoms with E-state index in [1.807, 2.05) is 60.1 Å². The lowest BCUT2D eigenvalue weighted by Gasteiger charge is -2.11. The van der Waals surface area contributed by atoms with Crippen LogP contribution in [0.1, 0.15) is 5.56 Å². The molecule has 5 rings (SSSR count). The number of aryl methyl sites for hydroxylation is 1. The Morgan fingerprint density at radius 2 is 1.80 bits per heavy atom. The van der Waals surface area contributed by atoms with Crippen molar-refractivity contribution in [2.75, 3.05) is 5.73 Å². The summed E-state index contributed by atoms with van der Waals surface area (Å²) < 4.78 is 3.66. The first-order valence-electron chi connectivity index (χ1n) is 9.25. The maximum atomic E-state index is 6.17. The molecule has 2 N–H and O–H groups in total. The fourth-order valence-corrected chi connectivity index (χ4v) is 3.55. The Balaban J connectivity index is 1.80. The van der Waals surface area contributed by atoms with E-state index < -0.39 is 0 Å². The second kappa shape index (κ2) is 7.23. The first-order valence-corrected chi connectivity index (χ1v) is 9.79. The van der Waals surface area contributed by atoms with Gasteiger partial charge in [-0.3, -0.25) is 4.57 Å². The number of pyridine rings is 2. The molecular formula is C21H17ClN8. The van der Waals surface area contributed by atoms with E-state index in [4.69, 9.17) is 27.3 Å². The van der Waals surface area contributed by atoms with Crippen molar-refractivity contribution < 1.29 is 0 Å². The van der Waals surface area contributed by atoms with Crippen molar-refractivity contribution in [3.8, 4) is 28.6 Å². The normalized spacial score (nSPS) is 11.3. The lowest BCUT2D eigenvalue weighted by atomic mass is 10.2. The summed E-state index contributed by atoms with van der Waals surface area (Å²) in [5.74, 6) is 2.18. The van der Waals surface area contributed by atoms with Gasteiger partial charge in [0, 0.05) is 24.8 Å². The number of benzene rings is 1. The first-order chi connectivity index (χ1) is 14.7. The van der Waals surface area contributed by atoms with Gasteiger partial charge in [-0.1, -0.05) is 12.1 Å². The number of anilines is 1. The minimum atomic E-state index is 0.403. The molecule has 0 unspecified atom stereocenters. The molecule has 9 heteroatoms. The molecule has 30 heavy (non-hydrogen) atoms. The van der Waals surface area contributed by atoms with Gasteiger partial charge in [-0.25, -0.2) is 24.6 Å². The van der Waals surface area contributed by atoms with Crippen LogP contribution in [0, 0.1) is 0 Å². The largest absolute Gasteiger partial charge is 0.383 e. The third kappa shape index (κ3) is 2.98. The molecule has 5 aromatic rings. The molecule has 4 heterocycles. The molecule has 8 nitrogen and oxygen atoms in total. The highest BCUT2D eigenvalue weighted by atomic mass is 35.5. The standard InChI is InChI=1S/C21H17ClN8/c1-29-20(25-12-26-29)16-8-9-17-21(28-16)30(14-6-4-13(11-22)5-7-14)19(27-17)15-3-2-10-24-18(15)23/h2-10,12H,11H2,1H3,(H2,23,24). The van der Waals surface area contributed by atoms with E-state index in [1.54, 1.807) is 10.9 Å². The highest BCUT2D eigenvalue weighted by molar-refractivity contribution is 6.17. The van der Waals surface area contributed by atoms with E-state index in [2.05, 4.69) is 15.1 Å². The average Bonchev–Trinajstić information content (AvgIpc) is 3.37. The number of hydrogen-bond acceptors (Lipinski definition) is 6. The Labute approximate surface area is 177 Å². The maximum Gasteiger partial charge on any atom is 0.176 e. The van der Waals surface area contributed by atoms with E-state index in [0.717, 1.165) is 22.3 Å². The van der Waals surface area contributed by atoms with E-state index >= 15 is 0 Å². The van der Waals surface area contributed by atoms with E-state index in [-0.39, 0.29) is 0 Å². The van der Waals surface area contributed by atoms with Crippen LogP contribution < -0.4 is 5.73 Å². The molecule has 0 aliphatic heterocycles. The minimum absolute atomic E-state index is 0.403. The number of nitrogen functional groups attached to an aromatic ring is 1. The van der Waals surface area contributed by atoms with Crippen LogP contribution in [-0.4, -0.2) is 34.3 Å². The van der Waals surface area contributed by atoms with Crippen molar-refractivity contribution in [3.05, 3.63) is 66.6 Å². The summed E-state index contributed by atoms with van der Waals surface area (Å²) in [5.41, 5.74) is 11.0. The Morgan fingerprint density at radius 3 is 2.50 bits per heavy atom. The monoisotopic (exact) mass is 416 g/mol. The summed E-state index contributed by atoms with van der Waals surface area (Å²) in [4.78, 5) is 18.2. The SMILES string of the molecule is Cn1ncnc1-c1ccc2nc(-c3cccnc3N)n(-c3ccc(CCl)cc3)c2n1. The Morgan fingerprint density at radius 1 is 0.967 bits per heavy atom. The lowest BCUT2D eigenvalue weighted by Crippen LogP contribution is -2.03. The van der Waals surface area contributed by atoms with Crippen molar-refractivity contribution in [2.45, 2.75) is 5.88 Å². The van der Waals surface area contributed by atoms with E-state index in [1.165, 1.54) is 6.33 Å². The van der Waals surface area contributed by atoms with Crippen LogP contribution >= 0.6 is 11.6 Å². The van der Waals surface area contributed by atoms with E-state index in [0.29, 0.717) is 34.7 Å². The summed E-state index contributed by atoms with van der Waals surface area (Å²) in [7, 11) is 1.83. The number of imidazole rings is 1. The highest BCUT2D eigenvalue weighted by Gasteiger charge is 2.19. The zero-order valence-corrected chi connectivity index (χ0v) is 16.8. The van der Waals surface area contributed by atoms with Gasteiger partial charge >= 0.3 is 0 Å². The van der Waals surface area contributed by atoms with Crippen molar-refractivity contribution in [1.82, 2.24) is 34.3 Å². The van der Waals surface area contributed by atoms with Gasteiger partial charge in [0.15, 0.2) is 17.3 Å². The molecule has 0 fully saturated rings. The molecular weight excluding hydrogens is 400 g/mol. The molecule has 0 amide bonds. The van der Waals surface area contributed by atoms with Crippen LogP contribution in [0.4, 0.5) is 5.82 Å². The summed E-state index contributed by atoms with van der Waals surface area (Å²) >= 11 is 5.97. The number of rotatable bonds is 4. The molecule has 1 aromatic carbocycles. The number of alkyl halides is 1. The average molecular weight is 417 g/mol. The third-order valence-corrected chi connectivity index (χ3v) is 5.18. The zero-order chi connectivity index (χ0) is 20.7. The Kier molecular flexibility index (Phi) is 4.40. The third-order valence-electron chi connectivity index (χ3n) is 4.87. The smallest absolute Gasteiger partial charge is 0.176 e. The van der Waals surface area contributed by atoms with Gasteiger partial charge in [-0.2, -0.15) is 5.10 Å². The molecule has 0 bridgehead atoms. The molecule has 4 aromatic heterocycles. The maximum absolute atomic E-state index is 6.17. The van der Waals surface area contributed by atoms with Crippen molar-refractivity contribution in [2.24, 2.45) is 7.05 Å². The van der Waals surface area contributed by atoms with Gasteiger partial charge in [0.2, 0.25) is 0 Å². The quantitative estimate of drug-likeness (QED) is 0.449. The predicted molar refractivity (Wildman–Crippen MR) is 116 cm³/mol. The highest BCUT2D eigenvalue weighted by Crippen LogP contribution is 2.31. The molecule has 0 aliphatic rings. The summed E-state index contributed by atoms with van der Waals surface area (Å²) in [6, 6.07) is 15.5. The van der Waals surface area contributed by atoms with Gasteiger partial charge in [0.05, 0.1) is 5.56 Å². The molecule has 0 saturated carbocycles. The van der Waals surface area contributed by atoms with Crippen molar-refractivity contribution in [1.29, 1.82) is 0 Å². The van der Waals surface area contributed by atoms with Crippen LogP contribution in [0.15, 0.2) is 61.1 Å². The second-order valence-electron chi connectivity index (χ2n) is 6.75. The van der Waals surface area contributed by atoms with Gasteiger partial charge < -0.3 is 5.73 Å². The number of nitrogens with two attached hydrogens (primary N) is 1. The van der Waals surface area contributed by atoms with Gasteiger partial charge in [-0.15, -0.1) is 11.6 Å². The zero-order valence-electron chi connectivity index (χ0n) is 16.1. The lowest BCUT2D eigenvalue weighted by molar-refractivity contribution is 0.772. The number of halogens is 1. The van der Waals surface area contributed by atoms with Gasteiger partial charge in [-0.05, 0) is 42.0 Å².